The van der Waals surface area contributed by atoms with Crippen LogP contribution in [0.2, 0.25) is 0 Å². The normalized spacial score (nSPS) is 11.0. The molecular weight excluding hydrogens is 276 g/mol. The summed E-state index contributed by atoms with van der Waals surface area (Å²) in [6.45, 7) is 0. The lowest BCUT2D eigenvalue weighted by atomic mass is 10.4. The Balaban J connectivity index is 2.22. The molecule has 4 nitrogen and oxygen atoms in total. The van der Waals surface area contributed by atoms with E-state index in [1.807, 2.05) is 17.5 Å². The molecule has 0 saturated heterocycles. The van der Waals surface area contributed by atoms with Gasteiger partial charge in [-0.05, 0) is 27.4 Å². The third-order valence-electron chi connectivity index (χ3n) is 1.93. The number of hydrogen-bond acceptors (Lipinski definition) is 4. The highest BCUT2D eigenvalue weighted by Crippen LogP contribution is 2.21. The number of rotatable bonds is 1. The summed E-state index contributed by atoms with van der Waals surface area (Å²) in [5, 5.41) is 6.37. The molecule has 0 atom stereocenters. The zero-order valence-corrected chi connectivity index (χ0v) is 9.86. The average Bonchev–Trinajstić information content (AvgIpc) is 2.84. The van der Waals surface area contributed by atoms with Crippen molar-refractivity contribution in [3.05, 3.63) is 34.5 Å². The van der Waals surface area contributed by atoms with Crippen LogP contribution in [-0.2, 0) is 0 Å². The molecule has 3 rings (SSSR count). The van der Waals surface area contributed by atoms with Crippen LogP contribution in [0, 0.1) is 0 Å². The summed E-state index contributed by atoms with van der Waals surface area (Å²) in [4.78, 5) is 9.54. The fourth-order valence-electron chi connectivity index (χ4n) is 1.28. The van der Waals surface area contributed by atoms with Gasteiger partial charge in [-0.25, -0.2) is 14.5 Å². The molecule has 0 spiro atoms. The highest BCUT2D eigenvalue weighted by molar-refractivity contribution is 9.10. The van der Waals surface area contributed by atoms with Gasteiger partial charge in [0.05, 0.1) is 17.3 Å². The van der Waals surface area contributed by atoms with Gasteiger partial charge >= 0.3 is 0 Å². The summed E-state index contributed by atoms with van der Waals surface area (Å²) in [5.74, 6) is 0.741. The maximum absolute atomic E-state index is 4.38. The average molecular weight is 281 g/mol. The molecule has 74 valence electrons. The number of halogens is 1. The van der Waals surface area contributed by atoms with Gasteiger partial charge in [0.1, 0.15) is 4.60 Å². The number of nitrogens with zero attached hydrogens (tertiary/aromatic N) is 4. The second-order valence-electron chi connectivity index (χ2n) is 2.93. The van der Waals surface area contributed by atoms with Crippen molar-refractivity contribution in [3.63, 3.8) is 0 Å². The van der Waals surface area contributed by atoms with Gasteiger partial charge in [-0.1, -0.05) is 6.07 Å². The molecule has 0 aliphatic rings. The molecule has 15 heavy (non-hydrogen) atoms. The van der Waals surface area contributed by atoms with Crippen molar-refractivity contribution in [3.8, 4) is 10.7 Å². The van der Waals surface area contributed by atoms with Crippen LogP contribution in [0.4, 0.5) is 0 Å². The van der Waals surface area contributed by atoms with Gasteiger partial charge in [-0.15, -0.1) is 16.4 Å². The van der Waals surface area contributed by atoms with Crippen LogP contribution >= 0.6 is 27.3 Å². The van der Waals surface area contributed by atoms with Gasteiger partial charge in [0, 0.05) is 0 Å². The largest absolute Gasteiger partial charge is 0.244 e. The molecule has 0 bridgehead atoms. The summed E-state index contributed by atoms with van der Waals surface area (Å²) >= 11 is 4.92. The van der Waals surface area contributed by atoms with E-state index in [4.69, 9.17) is 0 Å². The number of aromatic nitrogens is 4. The lowest BCUT2D eigenvalue weighted by Gasteiger charge is -1.89. The first-order valence-electron chi connectivity index (χ1n) is 4.25. The Morgan fingerprint density at radius 1 is 1.40 bits per heavy atom. The second kappa shape index (κ2) is 3.39. The Labute approximate surface area is 97.7 Å². The van der Waals surface area contributed by atoms with Gasteiger partial charge in [0.2, 0.25) is 0 Å². The quantitative estimate of drug-likeness (QED) is 0.688. The topological polar surface area (TPSA) is 43.1 Å². The van der Waals surface area contributed by atoms with Crippen LogP contribution in [0.25, 0.3) is 16.3 Å². The Morgan fingerprint density at radius 2 is 2.33 bits per heavy atom. The van der Waals surface area contributed by atoms with Crippen LogP contribution in [-0.4, -0.2) is 19.6 Å². The van der Waals surface area contributed by atoms with Crippen molar-refractivity contribution in [2.75, 3.05) is 0 Å². The van der Waals surface area contributed by atoms with E-state index in [0.717, 1.165) is 21.0 Å². The third kappa shape index (κ3) is 1.55. The van der Waals surface area contributed by atoms with E-state index in [1.165, 1.54) is 0 Å². The first kappa shape index (κ1) is 8.99. The predicted octanol–water partition coefficient (Wildman–Crippen LogP) is 2.62. The number of fused-ring (bicyclic) bond motifs is 1. The Hall–Kier alpha value is -1.27. The van der Waals surface area contributed by atoms with Crippen LogP contribution in [0.3, 0.4) is 0 Å². The van der Waals surface area contributed by atoms with E-state index < -0.39 is 0 Å². The molecule has 0 amide bonds. The fourth-order valence-corrected chi connectivity index (χ4v) is 2.23. The van der Waals surface area contributed by atoms with Crippen molar-refractivity contribution in [2.24, 2.45) is 0 Å². The van der Waals surface area contributed by atoms with Crippen molar-refractivity contribution >= 4 is 32.9 Å². The Morgan fingerprint density at radius 3 is 3.13 bits per heavy atom. The van der Waals surface area contributed by atoms with Gasteiger partial charge < -0.3 is 0 Å². The first-order chi connectivity index (χ1) is 7.33. The van der Waals surface area contributed by atoms with Gasteiger partial charge in [-0.3, -0.25) is 0 Å². The molecule has 3 heterocycles. The molecule has 3 aromatic heterocycles. The molecule has 0 N–H and O–H groups in total. The van der Waals surface area contributed by atoms with E-state index in [-0.39, 0.29) is 0 Å². The molecule has 3 aromatic rings. The van der Waals surface area contributed by atoms with E-state index in [1.54, 1.807) is 28.2 Å². The molecule has 0 aromatic carbocycles. The minimum atomic E-state index is 0.741. The SMILES string of the molecule is Brc1cn2nc(-c3cccs3)nc2cn1. The zero-order chi connectivity index (χ0) is 10.3. The van der Waals surface area contributed by atoms with Gasteiger partial charge in [0.15, 0.2) is 11.5 Å². The molecule has 0 saturated carbocycles. The van der Waals surface area contributed by atoms with Gasteiger partial charge in [-0.2, -0.15) is 0 Å². The van der Waals surface area contributed by atoms with Crippen LogP contribution in [0.15, 0.2) is 34.5 Å². The van der Waals surface area contributed by atoms with Crippen molar-refractivity contribution in [2.45, 2.75) is 0 Å². The second-order valence-corrected chi connectivity index (χ2v) is 4.69. The Kier molecular flexibility index (Phi) is 2.03. The van der Waals surface area contributed by atoms with E-state index in [2.05, 4.69) is 31.0 Å². The number of hydrogen-bond donors (Lipinski definition) is 0. The maximum Gasteiger partial charge on any atom is 0.192 e. The Bertz CT molecular complexity index is 602. The van der Waals surface area contributed by atoms with Crippen molar-refractivity contribution in [1.82, 2.24) is 19.6 Å². The summed E-state index contributed by atoms with van der Waals surface area (Å²) in [5.41, 5.74) is 0.751. The number of thiophene rings is 1. The van der Waals surface area contributed by atoms with E-state index >= 15 is 0 Å². The zero-order valence-electron chi connectivity index (χ0n) is 7.46. The molecule has 6 heteroatoms. The van der Waals surface area contributed by atoms with E-state index in [9.17, 15) is 0 Å². The lowest BCUT2D eigenvalue weighted by molar-refractivity contribution is 0.941. The standard InChI is InChI=1S/C9H5BrN4S/c10-7-5-14-8(4-11-7)12-9(13-14)6-2-1-3-15-6/h1-5H. The monoisotopic (exact) mass is 280 g/mol. The summed E-state index contributed by atoms with van der Waals surface area (Å²) in [7, 11) is 0. The minimum Gasteiger partial charge on any atom is -0.244 e. The van der Waals surface area contributed by atoms with Crippen LogP contribution in [0.5, 0.6) is 0 Å². The maximum atomic E-state index is 4.38. The molecular formula is C9H5BrN4S. The minimum absolute atomic E-state index is 0.741. The van der Waals surface area contributed by atoms with Crippen LogP contribution in [0.1, 0.15) is 0 Å². The summed E-state index contributed by atoms with van der Waals surface area (Å²) in [6.07, 6.45) is 3.48. The van der Waals surface area contributed by atoms with Crippen molar-refractivity contribution < 1.29 is 0 Å². The highest BCUT2D eigenvalue weighted by atomic mass is 79.9. The molecule has 0 aliphatic carbocycles. The van der Waals surface area contributed by atoms with Crippen molar-refractivity contribution in [1.29, 1.82) is 0 Å². The highest BCUT2D eigenvalue weighted by Gasteiger charge is 2.07. The molecule has 0 fully saturated rings. The summed E-state index contributed by atoms with van der Waals surface area (Å²) < 4.78 is 2.46. The van der Waals surface area contributed by atoms with Gasteiger partial charge in [0.25, 0.3) is 0 Å². The van der Waals surface area contributed by atoms with E-state index in [0.29, 0.717) is 0 Å². The lowest BCUT2D eigenvalue weighted by Crippen LogP contribution is -1.88. The molecule has 0 aliphatic heterocycles. The molecule has 0 radical (unpaired) electrons. The third-order valence-corrected chi connectivity index (χ3v) is 3.21. The van der Waals surface area contributed by atoms with Crippen LogP contribution < -0.4 is 0 Å². The first-order valence-corrected chi connectivity index (χ1v) is 5.92. The predicted molar refractivity (Wildman–Crippen MR) is 61.8 cm³/mol. The molecule has 0 unspecified atom stereocenters. The smallest absolute Gasteiger partial charge is 0.192 e. The fraction of sp³-hybridized carbons (Fsp3) is 0. The summed E-state index contributed by atoms with van der Waals surface area (Å²) in [6, 6.07) is 3.99.